The number of hydrogen-bond acceptors (Lipinski definition) is 5. The van der Waals surface area contributed by atoms with Gasteiger partial charge in [-0.1, -0.05) is 41.9 Å². The Morgan fingerprint density at radius 2 is 1.70 bits per heavy atom. The summed E-state index contributed by atoms with van der Waals surface area (Å²) < 4.78 is 10.4. The lowest BCUT2D eigenvalue weighted by molar-refractivity contribution is 0.0736. The quantitative estimate of drug-likeness (QED) is 0.590. The number of benzene rings is 2. The second-order valence-electron chi connectivity index (χ2n) is 7.03. The minimum Gasteiger partial charge on any atom is -0.481 e. The zero-order valence-corrected chi connectivity index (χ0v) is 17.6. The molecule has 0 radical (unpaired) electrons. The smallest absolute Gasteiger partial charge is 0.254 e. The van der Waals surface area contributed by atoms with Crippen LogP contribution in [-0.4, -0.2) is 41.5 Å². The number of rotatable bonds is 5. The highest BCUT2D eigenvalue weighted by molar-refractivity contribution is 6.31. The van der Waals surface area contributed by atoms with Crippen molar-refractivity contribution in [3.05, 3.63) is 70.7 Å². The highest BCUT2D eigenvalue weighted by Gasteiger charge is 2.31. The van der Waals surface area contributed by atoms with Gasteiger partial charge in [0.15, 0.2) is 5.82 Å². The Bertz CT molecular complexity index is 1030. The molecule has 0 spiro atoms. The number of carbonyl (C=O) groups is 1. The lowest BCUT2D eigenvalue weighted by Gasteiger charge is -2.26. The number of aromatic nitrogens is 2. The molecule has 1 aromatic heterocycles. The first-order valence-electron chi connectivity index (χ1n) is 9.73. The molecule has 0 aliphatic carbocycles. The Kier molecular flexibility index (Phi) is 5.86. The highest BCUT2D eigenvalue weighted by atomic mass is 35.5. The molecular formula is C23H22ClN3O3. The van der Waals surface area contributed by atoms with Crippen molar-refractivity contribution >= 4 is 17.5 Å². The number of nitrogens with zero attached hydrogens (tertiary/aromatic N) is 3. The molecule has 1 amide bonds. The van der Waals surface area contributed by atoms with Crippen molar-refractivity contribution in [3.8, 4) is 23.1 Å². The van der Waals surface area contributed by atoms with Crippen LogP contribution in [0.25, 0.3) is 11.4 Å². The molecule has 1 saturated heterocycles. The fourth-order valence-electron chi connectivity index (χ4n) is 3.75. The van der Waals surface area contributed by atoms with Crippen molar-refractivity contribution in [1.82, 2.24) is 14.9 Å². The lowest BCUT2D eigenvalue weighted by atomic mass is 10.0. The topological polar surface area (TPSA) is 64.6 Å². The van der Waals surface area contributed by atoms with E-state index < -0.39 is 0 Å². The summed E-state index contributed by atoms with van der Waals surface area (Å²) in [5, 5.41) is 0.696. The molecule has 2 heterocycles. The van der Waals surface area contributed by atoms with Crippen LogP contribution < -0.4 is 9.47 Å². The molecule has 6 nitrogen and oxygen atoms in total. The third-order valence-electron chi connectivity index (χ3n) is 5.27. The summed E-state index contributed by atoms with van der Waals surface area (Å²) in [6.07, 6.45) is 1.86. The van der Waals surface area contributed by atoms with Crippen LogP contribution in [0.15, 0.2) is 54.6 Å². The van der Waals surface area contributed by atoms with Crippen LogP contribution in [0.2, 0.25) is 5.02 Å². The number of ether oxygens (including phenoxy) is 2. The molecule has 30 heavy (non-hydrogen) atoms. The first kappa shape index (κ1) is 20.2. The summed E-state index contributed by atoms with van der Waals surface area (Å²) >= 11 is 6.39. The van der Waals surface area contributed by atoms with Gasteiger partial charge in [-0.05, 0) is 36.6 Å². The summed E-state index contributed by atoms with van der Waals surface area (Å²) in [4.78, 5) is 23.8. The van der Waals surface area contributed by atoms with Gasteiger partial charge in [0, 0.05) is 22.7 Å². The zero-order chi connectivity index (χ0) is 21.1. The lowest BCUT2D eigenvalue weighted by Crippen LogP contribution is -2.30. The molecule has 1 aliphatic rings. The monoisotopic (exact) mass is 423 g/mol. The zero-order valence-electron chi connectivity index (χ0n) is 16.8. The number of methoxy groups -OCH3 is 2. The van der Waals surface area contributed by atoms with Gasteiger partial charge < -0.3 is 14.4 Å². The van der Waals surface area contributed by atoms with Gasteiger partial charge in [-0.2, -0.15) is 9.97 Å². The minimum atomic E-state index is -0.00638. The SMILES string of the molecule is COc1cc(OC)nc(-c2ccc(C(=O)N3CCC[C@@H]3c3ccccc3Cl)cc2)n1. The third-order valence-corrected chi connectivity index (χ3v) is 5.61. The van der Waals surface area contributed by atoms with E-state index in [1.807, 2.05) is 41.3 Å². The Labute approximate surface area is 180 Å². The normalized spacial score (nSPS) is 15.8. The van der Waals surface area contributed by atoms with Crippen LogP contribution in [-0.2, 0) is 0 Å². The molecular weight excluding hydrogens is 402 g/mol. The third kappa shape index (κ3) is 3.96. The molecule has 0 saturated carbocycles. The van der Waals surface area contributed by atoms with E-state index in [0.717, 1.165) is 24.0 Å². The first-order chi connectivity index (χ1) is 14.6. The van der Waals surface area contributed by atoms with E-state index in [-0.39, 0.29) is 11.9 Å². The van der Waals surface area contributed by atoms with Crippen molar-refractivity contribution in [3.63, 3.8) is 0 Å². The molecule has 7 heteroatoms. The average Bonchev–Trinajstić information content (AvgIpc) is 3.28. The summed E-state index contributed by atoms with van der Waals surface area (Å²) in [6.45, 7) is 0.715. The van der Waals surface area contributed by atoms with Gasteiger partial charge in [-0.3, -0.25) is 4.79 Å². The number of halogens is 1. The molecule has 4 rings (SSSR count). The Morgan fingerprint density at radius 3 is 2.33 bits per heavy atom. The van der Waals surface area contributed by atoms with Gasteiger partial charge in [0.1, 0.15) is 0 Å². The van der Waals surface area contributed by atoms with Gasteiger partial charge in [-0.25, -0.2) is 0 Å². The predicted molar refractivity (Wildman–Crippen MR) is 115 cm³/mol. The molecule has 154 valence electrons. The van der Waals surface area contributed by atoms with Crippen molar-refractivity contribution in [2.24, 2.45) is 0 Å². The summed E-state index contributed by atoms with van der Waals surface area (Å²) in [7, 11) is 3.08. The fraction of sp³-hybridized carbons (Fsp3) is 0.261. The van der Waals surface area contributed by atoms with E-state index in [9.17, 15) is 4.79 Å². The van der Waals surface area contributed by atoms with Gasteiger partial charge >= 0.3 is 0 Å². The maximum Gasteiger partial charge on any atom is 0.254 e. The number of likely N-dealkylation sites (tertiary alicyclic amines) is 1. The summed E-state index contributed by atoms with van der Waals surface area (Å²) in [5.41, 5.74) is 2.39. The molecule has 2 aromatic carbocycles. The first-order valence-corrected chi connectivity index (χ1v) is 10.1. The Hall–Kier alpha value is -3.12. The predicted octanol–water partition coefficient (Wildman–Crippen LogP) is 4.79. The van der Waals surface area contributed by atoms with Crippen molar-refractivity contribution in [2.75, 3.05) is 20.8 Å². The van der Waals surface area contributed by atoms with Crippen LogP contribution in [0.3, 0.4) is 0 Å². The molecule has 0 bridgehead atoms. The fourth-order valence-corrected chi connectivity index (χ4v) is 4.01. The van der Waals surface area contributed by atoms with Gasteiger partial charge in [-0.15, -0.1) is 0 Å². The second kappa shape index (κ2) is 8.71. The van der Waals surface area contributed by atoms with E-state index >= 15 is 0 Å². The second-order valence-corrected chi connectivity index (χ2v) is 7.44. The van der Waals surface area contributed by atoms with E-state index in [1.165, 1.54) is 0 Å². The molecule has 0 unspecified atom stereocenters. The minimum absolute atomic E-state index is 0.00291. The van der Waals surface area contributed by atoms with Gasteiger partial charge in [0.25, 0.3) is 5.91 Å². The number of hydrogen-bond donors (Lipinski definition) is 0. The molecule has 1 atom stereocenters. The van der Waals surface area contributed by atoms with E-state index in [4.69, 9.17) is 21.1 Å². The van der Waals surface area contributed by atoms with Crippen LogP contribution in [0.5, 0.6) is 11.8 Å². The van der Waals surface area contributed by atoms with Crippen molar-refractivity contribution in [2.45, 2.75) is 18.9 Å². The molecule has 1 fully saturated rings. The average molecular weight is 424 g/mol. The van der Waals surface area contributed by atoms with Gasteiger partial charge in [0.05, 0.1) is 26.3 Å². The Balaban J connectivity index is 1.58. The molecule has 1 aliphatic heterocycles. The number of carbonyl (C=O) groups excluding carboxylic acids is 1. The molecule has 3 aromatic rings. The molecule has 0 N–H and O–H groups in total. The maximum absolute atomic E-state index is 13.2. The summed E-state index contributed by atoms with van der Waals surface area (Å²) in [5.74, 6) is 1.29. The van der Waals surface area contributed by atoms with Crippen LogP contribution in [0.4, 0.5) is 0 Å². The van der Waals surface area contributed by atoms with Crippen LogP contribution >= 0.6 is 11.6 Å². The Morgan fingerprint density at radius 1 is 1.03 bits per heavy atom. The summed E-state index contributed by atoms with van der Waals surface area (Å²) in [6, 6.07) is 16.6. The van der Waals surface area contributed by atoms with Crippen molar-refractivity contribution in [1.29, 1.82) is 0 Å². The van der Waals surface area contributed by atoms with Crippen LogP contribution in [0.1, 0.15) is 34.8 Å². The highest BCUT2D eigenvalue weighted by Crippen LogP contribution is 2.36. The number of amides is 1. The maximum atomic E-state index is 13.2. The van der Waals surface area contributed by atoms with E-state index in [1.54, 1.807) is 32.4 Å². The van der Waals surface area contributed by atoms with E-state index in [0.29, 0.717) is 34.7 Å². The van der Waals surface area contributed by atoms with Crippen LogP contribution in [0, 0.1) is 0 Å². The van der Waals surface area contributed by atoms with Gasteiger partial charge in [0.2, 0.25) is 11.8 Å². The largest absolute Gasteiger partial charge is 0.481 e. The standard InChI is InChI=1S/C23H22ClN3O3/c1-29-20-14-21(30-2)26-22(25-20)15-9-11-16(12-10-15)23(28)27-13-5-8-19(27)17-6-3-4-7-18(17)24/h3-4,6-7,9-12,14,19H,5,8,13H2,1-2H3/t19-/m1/s1. The van der Waals surface area contributed by atoms with Crippen molar-refractivity contribution < 1.29 is 14.3 Å². The van der Waals surface area contributed by atoms with E-state index in [2.05, 4.69) is 9.97 Å².